The lowest BCUT2D eigenvalue weighted by molar-refractivity contribution is -0.385. The molecular formula is C8H7F3N2O3. The number of nitrogens with two attached hydrogens (primary N) is 1. The lowest BCUT2D eigenvalue weighted by Gasteiger charge is -2.12. The standard InChI is InChI=1S/C8H7F3N2O3/c9-5-2-3(13(15)16)1-4(7(5)14)6(12)8(10)11/h1-2,6,8,14H,12H2/t6-/m0/s1. The van der Waals surface area contributed by atoms with E-state index < -0.39 is 40.2 Å². The van der Waals surface area contributed by atoms with Crippen molar-refractivity contribution in [2.75, 3.05) is 0 Å². The number of phenols is 1. The van der Waals surface area contributed by atoms with Gasteiger partial charge in [0.05, 0.1) is 17.0 Å². The number of alkyl halides is 2. The summed E-state index contributed by atoms with van der Waals surface area (Å²) in [5, 5.41) is 19.5. The van der Waals surface area contributed by atoms with Crippen LogP contribution in [0.15, 0.2) is 12.1 Å². The summed E-state index contributed by atoms with van der Waals surface area (Å²) in [6.07, 6.45) is -3.06. The van der Waals surface area contributed by atoms with E-state index >= 15 is 0 Å². The molecular weight excluding hydrogens is 229 g/mol. The summed E-state index contributed by atoms with van der Waals surface area (Å²) in [4.78, 5) is 9.37. The lowest BCUT2D eigenvalue weighted by Crippen LogP contribution is -2.19. The minimum absolute atomic E-state index is 0.428. The van der Waals surface area contributed by atoms with Crippen molar-refractivity contribution >= 4 is 5.69 Å². The second-order valence-electron chi connectivity index (χ2n) is 2.98. The molecule has 0 aromatic heterocycles. The first-order chi connectivity index (χ1) is 7.34. The summed E-state index contributed by atoms with van der Waals surface area (Å²) in [6.45, 7) is 0. The van der Waals surface area contributed by atoms with Crippen LogP contribution in [-0.4, -0.2) is 16.5 Å². The molecule has 1 atom stereocenters. The zero-order valence-corrected chi connectivity index (χ0v) is 7.73. The molecule has 8 heteroatoms. The predicted octanol–water partition coefficient (Wildman–Crippen LogP) is 1.70. The Morgan fingerprint density at radius 3 is 2.44 bits per heavy atom. The van der Waals surface area contributed by atoms with E-state index in [-0.39, 0.29) is 0 Å². The zero-order chi connectivity index (χ0) is 12.5. The fourth-order valence-electron chi connectivity index (χ4n) is 1.10. The van der Waals surface area contributed by atoms with Gasteiger partial charge in [0.2, 0.25) is 0 Å². The molecule has 0 radical (unpaired) electrons. The van der Waals surface area contributed by atoms with Crippen molar-refractivity contribution in [2.45, 2.75) is 12.5 Å². The van der Waals surface area contributed by atoms with Crippen LogP contribution in [0.1, 0.15) is 11.6 Å². The first-order valence-electron chi connectivity index (χ1n) is 4.05. The molecule has 0 heterocycles. The summed E-state index contributed by atoms with van der Waals surface area (Å²) in [5.41, 5.74) is 3.54. The van der Waals surface area contributed by atoms with Gasteiger partial charge in [0.1, 0.15) is 0 Å². The van der Waals surface area contributed by atoms with Crippen LogP contribution >= 0.6 is 0 Å². The van der Waals surface area contributed by atoms with Crippen molar-refractivity contribution in [3.8, 4) is 5.75 Å². The molecule has 0 fully saturated rings. The number of hydrogen-bond acceptors (Lipinski definition) is 4. The largest absolute Gasteiger partial charge is 0.505 e. The monoisotopic (exact) mass is 236 g/mol. The normalized spacial score (nSPS) is 12.8. The van der Waals surface area contributed by atoms with E-state index in [4.69, 9.17) is 10.8 Å². The van der Waals surface area contributed by atoms with E-state index in [1.807, 2.05) is 0 Å². The van der Waals surface area contributed by atoms with E-state index in [1.165, 1.54) is 0 Å². The van der Waals surface area contributed by atoms with Crippen LogP contribution in [0, 0.1) is 15.9 Å². The first kappa shape index (κ1) is 12.2. The Morgan fingerprint density at radius 1 is 1.44 bits per heavy atom. The van der Waals surface area contributed by atoms with Crippen LogP contribution in [0.25, 0.3) is 0 Å². The summed E-state index contributed by atoms with van der Waals surface area (Å²) < 4.78 is 37.4. The molecule has 1 aromatic carbocycles. The molecule has 0 saturated heterocycles. The van der Waals surface area contributed by atoms with Crippen LogP contribution in [0.2, 0.25) is 0 Å². The molecule has 3 N–H and O–H groups in total. The molecule has 16 heavy (non-hydrogen) atoms. The smallest absolute Gasteiger partial charge is 0.272 e. The number of benzene rings is 1. The Bertz CT molecular complexity index is 425. The molecule has 0 aliphatic carbocycles. The van der Waals surface area contributed by atoms with E-state index in [0.29, 0.717) is 12.1 Å². The molecule has 0 aliphatic rings. The number of halogens is 3. The van der Waals surface area contributed by atoms with Crippen LogP contribution in [-0.2, 0) is 0 Å². The Kier molecular flexibility index (Phi) is 3.33. The summed E-state index contributed by atoms with van der Waals surface area (Å²) in [6, 6.07) is -0.930. The zero-order valence-electron chi connectivity index (χ0n) is 7.73. The highest BCUT2D eigenvalue weighted by atomic mass is 19.3. The fourth-order valence-corrected chi connectivity index (χ4v) is 1.10. The Labute approximate surface area is 87.4 Å². The quantitative estimate of drug-likeness (QED) is 0.617. The van der Waals surface area contributed by atoms with Gasteiger partial charge in [0.25, 0.3) is 12.1 Å². The van der Waals surface area contributed by atoms with Gasteiger partial charge in [-0.2, -0.15) is 0 Å². The Morgan fingerprint density at radius 2 is 2.00 bits per heavy atom. The van der Waals surface area contributed by atoms with Gasteiger partial charge in [-0.1, -0.05) is 0 Å². The van der Waals surface area contributed by atoms with Crippen LogP contribution < -0.4 is 5.73 Å². The van der Waals surface area contributed by atoms with E-state index in [0.717, 1.165) is 0 Å². The fraction of sp³-hybridized carbons (Fsp3) is 0.250. The summed E-state index contributed by atoms with van der Waals surface area (Å²) >= 11 is 0. The van der Waals surface area contributed by atoms with Crippen molar-refractivity contribution in [2.24, 2.45) is 5.73 Å². The molecule has 5 nitrogen and oxygen atoms in total. The second kappa shape index (κ2) is 4.35. The number of rotatable bonds is 3. The Balaban J connectivity index is 3.32. The van der Waals surface area contributed by atoms with Crippen LogP contribution in [0.4, 0.5) is 18.9 Å². The van der Waals surface area contributed by atoms with Crippen molar-refractivity contribution in [1.29, 1.82) is 0 Å². The minimum Gasteiger partial charge on any atom is -0.505 e. The number of non-ortho nitro benzene ring substituents is 1. The van der Waals surface area contributed by atoms with Crippen molar-refractivity contribution in [1.82, 2.24) is 0 Å². The average Bonchev–Trinajstić information content (AvgIpc) is 2.20. The van der Waals surface area contributed by atoms with Gasteiger partial charge in [-0.3, -0.25) is 10.1 Å². The third-order valence-electron chi connectivity index (χ3n) is 1.92. The Hall–Kier alpha value is -1.83. The maximum Gasteiger partial charge on any atom is 0.272 e. The number of hydrogen-bond donors (Lipinski definition) is 2. The number of nitrogens with zero attached hydrogens (tertiary/aromatic N) is 1. The third kappa shape index (κ3) is 2.22. The van der Waals surface area contributed by atoms with Crippen molar-refractivity contribution < 1.29 is 23.2 Å². The summed E-state index contributed by atoms with van der Waals surface area (Å²) in [7, 11) is 0. The SMILES string of the molecule is N[C@@H](c1cc([N+](=O)[O-])cc(F)c1O)C(F)F. The molecule has 0 amide bonds. The maximum atomic E-state index is 13.0. The second-order valence-corrected chi connectivity index (χ2v) is 2.98. The van der Waals surface area contributed by atoms with E-state index in [9.17, 15) is 23.3 Å². The molecule has 88 valence electrons. The van der Waals surface area contributed by atoms with Gasteiger partial charge in [0, 0.05) is 11.6 Å². The van der Waals surface area contributed by atoms with E-state index in [2.05, 4.69) is 0 Å². The number of nitro benzene ring substituents is 1. The van der Waals surface area contributed by atoms with Crippen LogP contribution in [0.5, 0.6) is 5.75 Å². The van der Waals surface area contributed by atoms with Gasteiger partial charge >= 0.3 is 0 Å². The molecule has 0 unspecified atom stereocenters. The van der Waals surface area contributed by atoms with Gasteiger partial charge in [0.15, 0.2) is 11.6 Å². The van der Waals surface area contributed by atoms with Crippen molar-refractivity contribution in [3.05, 3.63) is 33.6 Å². The number of nitro groups is 1. The van der Waals surface area contributed by atoms with Gasteiger partial charge in [-0.15, -0.1) is 0 Å². The van der Waals surface area contributed by atoms with Gasteiger partial charge < -0.3 is 10.8 Å². The van der Waals surface area contributed by atoms with E-state index in [1.54, 1.807) is 0 Å². The van der Waals surface area contributed by atoms with Crippen LogP contribution in [0.3, 0.4) is 0 Å². The molecule has 0 spiro atoms. The number of aromatic hydroxyl groups is 1. The highest BCUT2D eigenvalue weighted by Crippen LogP contribution is 2.32. The number of phenolic OH excluding ortho intramolecular Hbond substituents is 1. The molecule has 0 bridgehead atoms. The maximum absolute atomic E-state index is 13.0. The summed E-state index contributed by atoms with van der Waals surface area (Å²) in [5.74, 6) is -2.46. The molecule has 1 rings (SSSR count). The highest BCUT2D eigenvalue weighted by Gasteiger charge is 2.25. The van der Waals surface area contributed by atoms with Crippen molar-refractivity contribution in [3.63, 3.8) is 0 Å². The topological polar surface area (TPSA) is 89.4 Å². The minimum atomic E-state index is -3.06. The average molecular weight is 236 g/mol. The highest BCUT2D eigenvalue weighted by molar-refractivity contribution is 5.46. The van der Waals surface area contributed by atoms with Gasteiger partial charge in [-0.25, -0.2) is 13.2 Å². The molecule has 0 saturated carbocycles. The molecule has 1 aromatic rings. The van der Waals surface area contributed by atoms with Gasteiger partial charge in [-0.05, 0) is 0 Å². The third-order valence-corrected chi connectivity index (χ3v) is 1.92. The predicted molar refractivity (Wildman–Crippen MR) is 47.7 cm³/mol. The lowest BCUT2D eigenvalue weighted by atomic mass is 10.1. The molecule has 0 aliphatic heterocycles. The first-order valence-corrected chi connectivity index (χ1v) is 4.05.